The first-order chi connectivity index (χ1) is 10.1. The van der Waals surface area contributed by atoms with E-state index in [1.165, 1.54) is 16.3 Å². The molecule has 0 saturated heterocycles. The zero-order valence-corrected chi connectivity index (χ0v) is 13.8. The van der Waals surface area contributed by atoms with Gasteiger partial charge in [0.2, 0.25) is 0 Å². The Kier molecular flexibility index (Phi) is 4.37. The molecule has 0 aliphatic carbocycles. The Balaban J connectivity index is 1.72. The fourth-order valence-electron chi connectivity index (χ4n) is 2.90. The Morgan fingerprint density at radius 2 is 2.29 bits per heavy atom. The maximum atomic E-state index is 4.36. The van der Waals surface area contributed by atoms with Crippen molar-refractivity contribution in [2.45, 2.75) is 32.5 Å². The summed E-state index contributed by atoms with van der Waals surface area (Å²) >= 11 is 1.76. The lowest BCUT2D eigenvalue weighted by Crippen LogP contribution is -2.37. The average Bonchev–Trinajstić information content (AvgIpc) is 3.06. The summed E-state index contributed by atoms with van der Waals surface area (Å²) in [5.41, 5.74) is 4.44. The number of hydrogen-bond acceptors (Lipinski definition) is 5. The summed E-state index contributed by atoms with van der Waals surface area (Å²) in [7, 11) is 4.27. The number of aryl methyl sites for hydroxylation is 1. The standard InChI is InChI=1S/C15H23N5S/c1-12-15(21-11-17-12)9-19-7-13(4-5-18(2)3)20-10-16-6-14(20)8-19/h6,10-11,13H,4-5,7-9H2,1-3H3/t13-/m1/s1. The maximum absolute atomic E-state index is 4.36. The van der Waals surface area contributed by atoms with Crippen molar-refractivity contribution in [2.24, 2.45) is 0 Å². The number of hydrogen-bond donors (Lipinski definition) is 0. The molecule has 5 nitrogen and oxygen atoms in total. The fraction of sp³-hybridized carbons (Fsp3) is 0.600. The van der Waals surface area contributed by atoms with Crippen molar-refractivity contribution in [3.8, 4) is 0 Å². The van der Waals surface area contributed by atoms with Crippen molar-refractivity contribution in [3.05, 3.63) is 34.3 Å². The Morgan fingerprint density at radius 1 is 1.43 bits per heavy atom. The van der Waals surface area contributed by atoms with Gasteiger partial charge < -0.3 is 9.47 Å². The van der Waals surface area contributed by atoms with Crippen LogP contribution in [0, 0.1) is 6.92 Å². The van der Waals surface area contributed by atoms with Gasteiger partial charge in [-0.2, -0.15) is 0 Å². The summed E-state index contributed by atoms with van der Waals surface area (Å²) in [6, 6.07) is 0.520. The van der Waals surface area contributed by atoms with Crippen LogP contribution < -0.4 is 0 Å². The SMILES string of the molecule is Cc1ncsc1CN1Cc2cncn2[C@H](CCN(C)C)C1. The van der Waals surface area contributed by atoms with Crippen LogP contribution in [-0.2, 0) is 13.1 Å². The first-order valence-electron chi connectivity index (χ1n) is 7.40. The van der Waals surface area contributed by atoms with Crippen LogP contribution in [0.1, 0.15) is 28.7 Å². The van der Waals surface area contributed by atoms with Crippen molar-refractivity contribution in [1.29, 1.82) is 0 Å². The van der Waals surface area contributed by atoms with Gasteiger partial charge in [-0.25, -0.2) is 9.97 Å². The molecule has 1 aliphatic rings. The van der Waals surface area contributed by atoms with Crippen LogP contribution in [0.5, 0.6) is 0 Å². The minimum Gasteiger partial charge on any atom is -0.329 e. The van der Waals surface area contributed by atoms with Gasteiger partial charge in [-0.1, -0.05) is 0 Å². The molecule has 0 spiro atoms. The molecule has 0 saturated carbocycles. The highest BCUT2D eigenvalue weighted by molar-refractivity contribution is 7.09. The van der Waals surface area contributed by atoms with Gasteiger partial charge in [0.05, 0.1) is 23.2 Å². The van der Waals surface area contributed by atoms with E-state index < -0.39 is 0 Å². The van der Waals surface area contributed by atoms with E-state index in [0.717, 1.165) is 32.6 Å². The van der Waals surface area contributed by atoms with Gasteiger partial charge in [0.1, 0.15) is 0 Å². The molecule has 3 heterocycles. The van der Waals surface area contributed by atoms with E-state index in [-0.39, 0.29) is 0 Å². The lowest BCUT2D eigenvalue weighted by Gasteiger charge is -2.34. The molecule has 0 amide bonds. The fourth-order valence-corrected chi connectivity index (χ4v) is 3.72. The zero-order chi connectivity index (χ0) is 14.8. The van der Waals surface area contributed by atoms with Crippen molar-refractivity contribution in [1.82, 2.24) is 24.3 Å². The highest BCUT2D eigenvalue weighted by atomic mass is 32.1. The van der Waals surface area contributed by atoms with Gasteiger partial charge in [0.15, 0.2) is 0 Å². The van der Waals surface area contributed by atoms with E-state index in [1.54, 1.807) is 11.3 Å². The number of aromatic nitrogens is 3. The minimum atomic E-state index is 0.520. The molecule has 0 unspecified atom stereocenters. The molecule has 6 heteroatoms. The molecule has 0 bridgehead atoms. The summed E-state index contributed by atoms with van der Waals surface area (Å²) in [4.78, 5) is 14.9. The first kappa shape index (κ1) is 14.7. The highest BCUT2D eigenvalue weighted by Gasteiger charge is 2.25. The summed E-state index contributed by atoms with van der Waals surface area (Å²) < 4.78 is 2.36. The summed E-state index contributed by atoms with van der Waals surface area (Å²) in [5, 5.41) is 0. The van der Waals surface area contributed by atoms with Crippen molar-refractivity contribution < 1.29 is 0 Å². The third kappa shape index (κ3) is 3.33. The molecule has 1 aliphatic heterocycles. The van der Waals surface area contributed by atoms with E-state index in [4.69, 9.17) is 0 Å². The van der Waals surface area contributed by atoms with Gasteiger partial charge >= 0.3 is 0 Å². The van der Waals surface area contributed by atoms with E-state index in [0.29, 0.717) is 6.04 Å². The first-order valence-corrected chi connectivity index (χ1v) is 8.28. The smallest absolute Gasteiger partial charge is 0.0951 e. The van der Waals surface area contributed by atoms with E-state index >= 15 is 0 Å². The molecular weight excluding hydrogens is 282 g/mol. The molecule has 2 aromatic rings. The summed E-state index contributed by atoms with van der Waals surface area (Å²) in [5.74, 6) is 0. The quantitative estimate of drug-likeness (QED) is 0.848. The number of imidazole rings is 1. The molecule has 1 atom stereocenters. The molecule has 21 heavy (non-hydrogen) atoms. The van der Waals surface area contributed by atoms with Crippen LogP contribution >= 0.6 is 11.3 Å². The predicted molar refractivity (Wildman–Crippen MR) is 85.4 cm³/mol. The number of fused-ring (bicyclic) bond motifs is 1. The average molecular weight is 305 g/mol. The molecule has 114 valence electrons. The van der Waals surface area contributed by atoms with Gasteiger partial charge in [-0.05, 0) is 34.0 Å². The Hall–Kier alpha value is -1.24. The number of rotatable bonds is 5. The summed E-state index contributed by atoms with van der Waals surface area (Å²) in [6.45, 7) is 6.28. The molecule has 0 radical (unpaired) electrons. The lowest BCUT2D eigenvalue weighted by molar-refractivity contribution is 0.166. The second-order valence-electron chi connectivity index (χ2n) is 6.07. The molecule has 0 aromatic carbocycles. The highest BCUT2D eigenvalue weighted by Crippen LogP contribution is 2.26. The van der Waals surface area contributed by atoms with Crippen LogP contribution in [0.25, 0.3) is 0 Å². The Morgan fingerprint density at radius 3 is 3.00 bits per heavy atom. The zero-order valence-electron chi connectivity index (χ0n) is 13.0. The maximum Gasteiger partial charge on any atom is 0.0951 e. The van der Waals surface area contributed by atoms with Crippen LogP contribution in [0.4, 0.5) is 0 Å². The third-order valence-corrected chi connectivity index (χ3v) is 5.04. The van der Waals surface area contributed by atoms with Crippen LogP contribution in [0.3, 0.4) is 0 Å². The largest absolute Gasteiger partial charge is 0.329 e. The lowest BCUT2D eigenvalue weighted by atomic mass is 10.1. The third-order valence-electron chi connectivity index (χ3n) is 4.12. The van der Waals surface area contributed by atoms with E-state index in [1.807, 2.05) is 18.0 Å². The predicted octanol–water partition coefficient (Wildman–Crippen LogP) is 2.16. The molecule has 2 aromatic heterocycles. The van der Waals surface area contributed by atoms with Gasteiger partial charge in [0, 0.05) is 36.8 Å². The Labute approximate surface area is 130 Å². The second kappa shape index (κ2) is 6.25. The molecule has 0 N–H and O–H groups in total. The minimum absolute atomic E-state index is 0.520. The molecule has 0 fully saturated rings. The second-order valence-corrected chi connectivity index (χ2v) is 7.01. The monoisotopic (exact) mass is 305 g/mol. The van der Waals surface area contributed by atoms with E-state index in [9.17, 15) is 0 Å². The van der Waals surface area contributed by atoms with Crippen molar-refractivity contribution in [3.63, 3.8) is 0 Å². The summed E-state index contributed by atoms with van der Waals surface area (Å²) in [6.07, 6.45) is 5.16. The number of thiazole rings is 1. The van der Waals surface area contributed by atoms with Crippen molar-refractivity contribution in [2.75, 3.05) is 27.2 Å². The Bertz CT molecular complexity index is 588. The van der Waals surface area contributed by atoms with Crippen LogP contribution in [-0.4, -0.2) is 51.5 Å². The van der Waals surface area contributed by atoms with Gasteiger partial charge in [-0.3, -0.25) is 4.90 Å². The normalized spacial score (nSPS) is 19.1. The van der Waals surface area contributed by atoms with Crippen molar-refractivity contribution >= 4 is 11.3 Å². The molecule has 3 rings (SSSR count). The van der Waals surface area contributed by atoms with E-state index in [2.05, 4.69) is 45.4 Å². The van der Waals surface area contributed by atoms with Gasteiger partial charge in [-0.15, -0.1) is 11.3 Å². The molecular formula is C15H23N5S. The number of nitrogens with zero attached hydrogens (tertiary/aromatic N) is 5. The van der Waals surface area contributed by atoms with Crippen LogP contribution in [0.2, 0.25) is 0 Å². The van der Waals surface area contributed by atoms with Crippen LogP contribution in [0.15, 0.2) is 18.0 Å². The van der Waals surface area contributed by atoms with Gasteiger partial charge in [0.25, 0.3) is 0 Å². The topological polar surface area (TPSA) is 37.2 Å².